The van der Waals surface area contributed by atoms with Crippen molar-refractivity contribution < 1.29 is 13.0 Å². The van der Waals surface area contributed by atoms with E-state index in [-0.39, 0.29) is 0 Å². The maximum atomic E-state index is 10.7. The Bertz CT molecular complexity index is 562. The Morgan fingerprint density at radius 3 is 2.40 bits per heavy atom. The predicted octanol–water partition coefficient (Wildman–Crippen LogP) is 0.514. The van der Waals surface area contributed by atoms with Gasteiger partial charge in [-0.15, -0.1) is 5.10 Å². The van der Waals surface area contributed by atoms with Crippen LogP contribution in [0.5, 0.6) is 0 Å². The zero-order valence-electron chi connectivity index (χ0n) is 7.48. The Labute approximate surface area is 85.9 Å². The molecule has 78 valence electrons. The van der Waals surface area contributed by atoms with Crippen LogP contribution < -0.4 is 0 Å². The Morgan fingerprint density at radius 1 is 1.20 bits per heavy atom. The summed E-state index contributed by atoms with van der Waals surface area (Å²) in [5, 5.41) is 3.01. The largest absolute Gasteiger partial charge is 0.332 e. The Balaban J connectivity index is 2.46. The van der Waals surface area contributed by atoms with Gasteiger partial charge in [0.05, 0.1) is 5.69 Å². The lowest BCUT2D eigenvalue weighted by atomic mass is 10.3. The summed E-state index contributed by atoms with van der Waals surface area (Å²) in [6.07, 6.45) is 1.22. The first kappa shape index (κ1) is 9.81. The van der Waals surface area contributed by atoms with E-state index < -0.39 is 15.3 Å². The standard InChI is InChI=1S/C8H7N3O3S/c12-15(13,14)8-9-6-11(10-8)7-4-2-1-3-5-7/h1-6H,(H,12,13,14). The van der Waals surface area contributed by atoms with Crippen molar-refractivity contribution in [3.8, 4) is 5.69 Å². The van der Waals surface area contributed by atoms with Crippen molar-refractivity contribution >= 4 is 10.1 Å². The van der Waals surface area contributed by atoms with Gasteiger partial charge in [-0.25, -0.2) is 9.67 Å². The number of aromatic nitrogens is 3. The Kier molecular flexibility index (Phi) is 2.25. The first-order valence-corrected chi connectivity index (χ1v) is 5.46. The molecule has 6 nitrogen and oxygen atoms in total. The van der Waals surface area contributed by atoms with E-state index in [1.807, 2.05) is 6.07 Å². The van der Waals surface area contributed by atoms with Crippen LogP contribution in [0.1, 0.15) is 0 Å². The number of rotatable bonds is 2. The lowest BCUT2D eigenvalue weighted by Crippen LogP contribution is -2.02. The minimum atomic E-state index is -4.33. The van der Waals surface area contributed by atoms with Crippen LogP contribution in [-0.2, 0) is 10.1 Å². The number of para-hydroxylation sites is 1. The highest BCUT2D eigenvalue weighted by Crippen LogP contribution is 2.06. The fourth-order valence-corrected chi connectivity index (χ4v) is 1.44. The van der Waals surface area contributed by atoms with Crippen molar-refractivity contribution in [3.63, 3.8) is 0 Å². The van der Waals surface area contributed by atoms with Gasteiger partial charge in [0.1, 0.15) is 6.33 Å². The van der Waals surface area contributed by atoms with Crippen LogP contribution in [0.4, 0.5) is 0 Å². The van der Waals surface area contributed by atoms with E-state index in [1.54, 1.807) is 24.3 Å². The summed E-state index contributed by atoms with van der Waals surface area (Å²) in [5.74, 6) is 0. The molecule has 0 aliphatic rings. The molecule has 0 spiro atoms. The topological polar surface area (TPSA) is 85.1 Å². The van der Waals surface area contributed by atoms with E-state index in [0.29, 0.717) is 5.69 Å². The van der Waals surface area contributed by atoms with Gasteiger partial charge in [-0.1, -0.05) is 18.2 Å². The van der Waals surface area contributed by atoms with Crippen LogP contribution in [0.25, 0.3) is 5.69 Å². The summed E-state index contributed by atoms with van der Waals surface area (Å²) in [5.41, 5.74) is 0.667. The molecule has 0 bridgehead atoms. The smallest absolute Gasteiger partial charge is 0.279 e. The molecule has 0 radical (unpaired) electrons. The van der Waals surface area contributed by atoms with E-state index in [2.05, 4.69) is 10.1 Å². The van der Waals surface area contributed by atoms with E-state index in [1.165, 1.54) is 11.0 Å². The van der Waals surface area contributed by atoms with Crippen molar-refractivity contribution in [2.24, 2.45) is 0 Å². The first-order valence-electron chi connectivity index (χ1n) is 4.02. The van der Waals surface area contributed by atoms with Crippen molar-refractivity contribution in [3.05, 3.63) is 36.7 Å². The molecule has 7 heteroatoms. The summed E-state index contributed by atoms with van der Waals surface area (Å²) >= 11 is 0. The van der Waals surface area contributed by atoms with Crippen LogP contribution in [0.15, 0.2) is 41.8 Å². The molecule has 1 N–H and O–H groups in total. The molecule has 0 saturated heterocycles. The second kappa shape index (κ2) is 3.44. The van der Waals surface area contributed by atoms with Gasteiger partial charge in [-0.3, -0.25) is 4.55 Å². The zero-order chi connectivity index (χ0) is 10.9. The quantitative estimate of drug-likeness (QED) is 0.753. The monoisotopic (exact) mass is 225 g/mol. The number of hydrogen-bond donors (Lipinski definition) is 1. The molecule has 1 aromatic heterocycles. The number of hydrogen-bond acceptors (Lipinski definition) is 4. The van der Waals surface area contributed by atoms with Crippen molar-refractivity contribution in [2.45, 2.75) is 5.16 Å². The second-order valence-corrected chi connectivity index (χ2v) is 4.10. The van der Waals surface area contributed by atoms with E-state index in [4.69, 9.17) is 4.55 Å². The van der Waals surface area contributed by atoms with Crippen LogP contribution in [0, 0.1) is 0 Å². The predicted molar refractivity (Wildman–Crippen MR) is 51.2 cm³/mol. The molecule has 1 aromatic carbocycles. The molecule has 2 rings (SSSR count). The molecular weight excluding hydrogens is 218 g/mol. The SMILES string of the molecule is O=S(=O)(O)c1ncn(-c2ccccc2)n1. The minimum absolute atomic E-state index is 0.605. The second-order valence-electron chi connectivity index (χ2n) is 2.78. The van der Waals surface area contributed by atoms with Gasteiger partial charge in [-0.2, -0.15) is 8.42 Å². The molecule has 0 aliphatic heterocycles. The van der Waals surface area contributed by atoms with Gasteiger partial charge in [0.15, 0.2) is 0 Å². The van der Waals surface area contributed by atoms with Crippen LogP contribution >= 0.6 is 0 Å². The molecular formula is C8H7N3O3S. The van der Waals surface area contributed by atoms with Gasteiger partial charge in [0.25, 0.3) is 5.16 Å². The third-order valence-corrected chi connectivity index (χ3v) is 2.37. The van der Waals surface area contributed by atoms with E-state index in [9.17, 15) is 8.42 Å². The lowest BCUT2D eigenvalue weighted by Gasteiger charge is -1.97. The first-order chi connectivity index (χ1) is 7.07. The number of benzene rings is 1. The van der Waals surface area contributed by atoms with Crippen molar-refractivity contribution in [1.29, 1.82) is 0 Å². The third kappa shape index (κ3) is 2.03. The van der Waals surface area contributed by atoms with Gasteiger partial charge in [0, 0.05) is 0 Å². The highest BCUT2D eigenvalue weighted by atomic mass is 32.2. The molecule has 0 unspecified atom stereocenters. The van der Waals surface area contributed by atoms with Gasteiger partial charge in [0.2, 0.25) is 0 Å². The average Bonchev–Trinajstić information content (AvgIpc) is 2.67. The summed E-state index contributed by atoms with van der Waals surface area (Å²) < 4.78 is 31.3. The summed E-state index contributed by atoms with van der Waals surface area (Å²) in [6, 6.07) is 8.86. The molecule has 1 heterocycles. The third-order valence-electron chi connectivity index (χ3n) is 1.72. The highest BCUT2D eigenvalue weighted by molar-refractivity contribution is 7.85. The van der Waals surface area contributed by atoms with Crippen LogP contribution in [-0.4, -0.2) is 27.7 Å². The zero-order valence-corrected chi connectivity index (χ0v) is 8.29. The Hall–Kier alpha value is -1.73. The minimum Gasteiger partial charge on any atom is -0.279 e. The van der Waals surface area contributed by atoms with Crippen molar-refractivity contribution in [2.75, 3.05) is 0 Å². The maximum Gasteiger partial charge on any atom is 0.332 e. The lowest BCUT2D eigenvalue weighted by molar-refractivity contribution is 0.474. The highest BCUT2D eigenvalue weighted by Gasteiger charge is 2.15. The fourth-order valence-electron chi connectivity index (χ4n) is 1.07. The number of nitrogens with zero attached hydrogens (tertiary/aromatic N) is 3. The summed E-state index contributed by atoms with van der Waals surface area (Å²) in [7, 11) is -4.33. The molecule has 2 aromatic rings. The molecule has 0 saturated carbocycles. The average molecular weight is 225 g/mol. The summed E-state index contributed by atoms with van der Waals surface area (Å²) in [6.45, 7) is 0. The van der Waals surface area contributed by atoms with Gasteiger partial charge >= 0.3 is 10.1 Å². The molecule has 0 amide bonds. The van der Waals surface area contributed by atoms with E-state index in [0.717, 1.165) is 0 Å². The Morgan fingerprint density at radius 2 is 1.87 bits per heavy atom. The van der Waals surface area contributed by atoms with Crippen LogP contribution in [0.2, 0.25) is 0 Å². The van der Waals surface area contributed by atoms with Crippen molar-refractivity contribution in [1.82, 2.24) is 14.8 Å². The molecule has 0 aliphatic carbocycles. The molecule has 0 fully saturated rings. The molecule has 15 heavy (non-hydrogen) atoms. The maximum absolute atomic E-state index is 10.7. The van der Waals surface area contributed by atoms with Crippen LogP contribution in [0.3, 0.4) is 0 Å². The van der Waals surface area contributed by atoms with E-state index >= 15 is 0 Å². The van der Waals surface area contributed by atoms with Gasteiger partial charge in [-0.05, 0) is 12.1 Å². The van der Waals surface area contributed by atoms with Gasteiger partial charge < -0.3 is 0 Å². The summed E-state index contributed by atoms with van der Waals surface area (Å²) in [4.78, 5) is 3.48. The normalized spacial score (nSPS) is 11.5. The molecule has 0 atom stereocenters. The fraction of sp³-hybridized carbons (Fsp3) is 0.